The zero-order chi connectivity index (χ0) is 17.7. The normalized spacial score (nSPS) is 29.4. The molecule has 2 atom stereocenters. The third-order valence-electron chi connectivity index (χ3n) is 6.85. The number of aryl methyl sites for hydroxylation is 2. The summed E-state index contributed by atoms with van der Waals surface area (Å²) in [7, 11) is 0. The average molecular weight is 348 g/mol. The van der Waals surface area contributed by atoms with Crippen molar-refractivity contribution in [2.45, 2.75) is 45.1 Å². The van der Waals surface area contributed by atoms with Crippen LogP contribution < -0.4 is 4.90 Å². The summed E-state index contributed by atoms with van der Waals surface area (Å²) in [5, 5.41) is 0. The largest absolute Gasteiger partial charge is 0.367 e. The van der Waals surface area contributed by atoms with Crippen molar-refractivity contribution in [3.63, 3.8) is 0 Å². The van der Waals surface area contributed by atoms with Crippen molar-refractivity contribution in [1.82, 2.24) is 9.88 Å². The van der Waals surface area contributed by atoms with Crippen molar-refractivity contribution in [1.29, 1.82) is 0 Å². The van der Waals surface area contributed by atoms with Crippen LogP contribution in [0.5, 0.6) is 0 Å². The van der Waals surface area contributed by atoms with E-state index in [-0.39, 0.29) is 0 Å². The molecule has 1 aromatic carbocycles. The van der Waals surface area contributed by atoms with Crippen LogP contribution in [0, 0.1) is 19.8 Å². The molecule has 0 N–H and O–H groups in total. The standard InChI is InChI=1S/C23H29N3/c1-16-3-6-22-20(13-16)21-15-25-10-8-19(9-11-25)23(21)26(22)12-7-18-5-4-17(2)24-14-18/h3-6,13-14,19,21,23H,7-12,15H2,1-2H3. The van der Waals surface area contributed by atoms with Gasteiger partial charge in [0.25, 0.3) is 0 Å². The minimum absolute atomic E-state index is 0.691. The fraction of sp³-hybridized carbons (Fsp3) is 0.522. The van der Waals surface area contributed by atoms with E-state index < -0.39 is 0 Å². The number of benzene rings is 1. The monoisotopic (exact) mass is 347 g/mol. The molecule has 4 aliphatic heterocycles. The molecule has 26 heavy (non-hydrogen) atoms. The molecule has 3 saturated heterocycles. The summed E-state index contributed by atoms with van der Waals surface area (Å²) >= 11 is 0. The molecule has 6 rings (SSSR count). The van der Waals surface area contributed by atoms with E-state index in [9.17, 15) is 0 Å². The molecule has 2 aromatic rings. The highest BCUT2D eigenvalue weighted by Crippen LogP contribution is 2.48. The molecule has 0 aliphatic carbocycles. The molecule has 0 saturated carbocycles. The Morgan fingerprint density at radius 1 is 1.08 bits per heavy atom. The third kappa shape index (κ3) is 2.73. The average Bonchev–Trinajstić information content (AvgIpc) is 2.78. The van der Waals surface area contributed by atoms with Gasteiger partial charge in [0, 0.05) is 42.6 Å². The Bertz CT molecular complexity index is 790. The van der Waals surface area contributed by atoms with Crippen molar-refractivity contribution in [2.24, 2.45) is 5.92 Å². The molecule has 3 heteroatoms. The summed E-state index contributed by atoms with van der Waals surface area (Å²) in [4.78, 5) is 9.96. The Labute approximate surface area is 157 Å². The van der Waals surface area contributed by atoms with Gasteiger partial charge in [0.2, 0.25) is 0 Å². The molecule has 1 aromatic heterocycles. The van der Waals surface area contributed by atoms with Crippen molar-refractivity contribution in [2.75, 3.05) is 31.1 Å². The van der Waals surface area contributed by atoms with E-state index in [4.69, 9.17) is 0 Å². The molecule has 5 heterocycles. The molecule has 2 unspecified atom stereocenters. The number of hydrogen-bond acceptors (Lipinski definition) is 3. The molecular weight excluding hydrogens is 318 g/mol. The molecule has 0 radical (unpaired) electrons. The summed E-state index contributed by atoms with van der Waals surface area (Å²) < 4.78 is 0. The van der Waals surface area contributed by atoms with Gasteiger partial charge in [0.05, 0.1) is 0 Å². The van der Waals surface area contributed by atoms with Crippen LogP contribution in [0.15, 0.2) is 36.5 Å². The Hall–Kier alpha value is -1.87. The fourth-order valence-corrected chi connectivity index (χ4v) is 5.50. The van der Waals surface area contributed by atoms with Crippen LogP contribution in [0.25, 0.3) is 0 Å². The molecule has 136 valence electrons. The molecule has 3 nitrogen and oxygen atoms in total. The van der Waals surface area contributed by atoms with Crippen LogP contribution in [0.2, 0.25) is 0 Å². The minimum atomic E-state index is 0.691. The first kappa shape index (κ1) is 16.3. The smallest absolute Gasteiger partial charge is 0.0406 e. The van der Waals surface area contributed by atoms with Gasteiger partial charge in [0.15, 0.2) is 0 Å². The summed E-state index contributed by atoms with van der Waals surface area (Å²) in [5.41, 5.74) is 6.97. The van der Waals surface area contributed by atoms with Gasteiger partial charge in [-0.3, -0.25) is 4.98 Å². The zero-order valence-corrected chi connectivity index (χ0v) is 16.0. The third-order valence-corrected chi connectivity index (χ3v) is 6.85. The molecule has 4 aliphatic rings. The number of nitrogens with zero attached hydrogens (tertiary/aromatic N) is 3. The second-order valence-electron chi connectivity index (χ2n) is 8.55. The number of anilines is 1. The van der Waals surface area contributed by atoms with E-state index in [1.54, 1.807) is 5.56 Å². The van der Waals surface area contributed by atoms with Gasteiger partial charge in [-0.2, -0.15) is 0 Å². The van der Waals surface area contributed by atoms with Crippen LogP contribution in [-0.2, 0) is 6.42 Å². The first-order valence-electron chi connectivity index (χ1n) is 10.2. The Morgan fingerprint density at radius 3 is 2.69 bits per heavy atom. The maximum Gasteiger partial charge on any atom is 0.0406 e. The lowest BCUT2D eigenvalue weighted by molar-refractivity contribution is 0.218. The van der Waals surface area contributed by atoms with Crippen molar-refractivity contribution >= 4 is 5.69 Å². The van der Waals surface area contributed by atoms with Crippen molar-refractivity contribution < 1.29 is 0 Å². The zero-order valence-electron chi connectivity index (χ0n) is 16.0. The summed E-state index contributed by atoms with van der Waals surface area (Å²) in [6.07, 6.45) is 5.89. The SMILES string of the molecule is Cc1ccc2c(c1)C1CN3CCC(CC3)C1N2CCc1ccc(C)nc1. The molecule has 0 amide bonds. The number of pyridine rings is 1. The molecule has 3 fully saturated rings. The summed E-state index contributed by atoms with van der Waals surface area (Å²) in [6.45, 7) is 9.26. The van der Waals surface area contributed by atoms with E-state index in [1.807, 2.05) is 0 Å². The van der Waals surface area contributed by atoms with E-state index in [2.05, 4.69) is 65.2 Å². The molecular formula is C23H29N3. The summed E-state index contributed by atoms with van der Waals surface area (Å²) in [6, 6.07) is 12.2. The van der Waals surface area contributed by atoms with Crippen molar-refractivity contribution in [3.8, 4) is 0 Å². The Morgan fingerprint density at radius 2 is 1.92 bits per heavy atom. The Balaban J connectivity index is 1.47. The van der Waals surface area contributed by atoms with Gasteiger partial charge in [-0.05, 0) is 75.4 Å². The van der Waals surface area contributed by atoms with E-state index in [0.29, 0.717) is 12.0 Å². The van der Waals surface area contributed by atoms with Gasteiger partial charge in [-0.1, -0.05) is 23.8 Å². The number of aromatic nitrogens is 1. The highest BCUT2D eigenvalue weighted by atomic mass is 15.2. The Kier molecular flexibility index (Phi) is 4.00. The van der Waals surface area contributed by atoms with Crippen LogP contribution in [-0.4, -0.2) is 42.1 Å². The summed E-state index contributed by atoms with van der Waals surface area (Å²) in [5.74, 6) is 1.54. The van der Waals surface area contributed by atoms with E-state index in [1.165, 1.54) is 49.3 Å². The van der Waals surface area contributed by atoms with Gasteiger partial charge in [0.1, 0.15) is 0 Å². The number of hydrogen-bond donors (Lipinski definition) is 0. The number of rotatable bonds is 3. The fourth-order valence-electron chi connectivity index (χ4n) is 5.50. The predicted molar refractivity (Wildman–Crippen MR) is 107 cm³/mol. The maximum absolute atomic E-state index is 4.49. The maximum atomic E-state index is 4.49. The number of fused-ring (bicyclic) bond motifs is 3. The topological polar surface area (TPSA) is 19.4 Å². The lowest BCUT2D eigenvalue weighted by atomic mass is 9.84. The molecule has 2 bridgehead atoms. The number of piperidine rings is 1. The van der Waals surface area contributed by atoms with E-state index >= 15 is 0 Å². The van der Waals surface area contributed by atoms with Gasteiger partial charge < -0.3 is 9.80 Å². The second kappa shape index (κ2) is 6.38. The molecule has 0 spiro atoms. The van der Waals surface area contributed by atoms with Crippen LogP contribution in [0.4, 0.5) is 5.69 Å². The second-order valence-corrected chi connectivity index (χ2v) is 8.55. The lowest BCUT2D eigenvalue weighted by Crippen LogP contribution is -2.41. The first-order valence-corrected chi connectivity index (χ1v) is 10.2. The van der Waals surface area contributed by atoms with E-state index in [0.717, 1.165) is 24.6 Å². The highest BCUT2D eigenvalue weighted by Gasteiger charge is 2.46. The van der Waals surface area contributed by atoms with Crippen LogP contribution >= 0.6 is 0 Å². The van der Waals surface area contributed by atoms with Crippen LogP contribution in [0.3, 0.4) is 0 Å². The predicted octanol–water partition coefficient (Wildman–Crippen LogP) is 3.94. The van der Waals surface area contributed by atoms with Gasteiger partial charge in [-0.25, -0.2) is 0 Å². The van der Waals surface area contributed by atoms with Gasteiger partial charge >= 0.3 is 0 Å². The lowest BCUT2D eigenvalue weighted by Gasteiger charge is -2.36. The van der Waals surface area contributed by atoms with Crippen molar-refractivity contribution in [3.05, 3.63) is 58.9 Å². The first-order chi connectivity index (χ1) is 12.7. The van der Waals surface area contributed by atoms with Gasteiger partial charge in [-0.15, -0.1) is 0 Å². The highest BCUT2D eigenvalue weighted by molar-refractivity contribution is 5.63. The quantitative estimate of drug-likeness (QED) is 0.838. The van der Waals surface area contributed by atoms with Crippen LogP contribution in [0.1, 0.15) is 41.1 Å². The minimum Gasteiger partial charge on any atom is -0.367 e.